The maximum Gasteiger partial charge on any atom is 0.251 e. The number of aromatic nitrogens is 2. The zero-order chi connectivity index (χ0) is 21.6. The molecule has 0 aliphatic carbocycles. The molecule has 1 aromatic carbocycles. The van der Waals surface area contributed by atoms with Crippen LogP contribution in [0.5, 0.6) is 5.75 Å². The number of nitrogens with zero attached hydrogens (tertiary/aromatic N) is 4. The fourth-order valence-corrected chi connectivity index (χ4v) is 4.65. The van der Waals surface area contributed by atoms with E-state index < -0.39 is 0 Å². The van der Waals surface area contributed by atoms with Crippen LogP contribution in [0.2, 0.25) is 0 Å². The van der Waals surface area contributed by atoms with Gasteiger partial charge in [0.1, 0.15) is 11.9 Å². The molecule has 7 heteroatoms. The number of rotatable bonds is 7. The highest BCUT2D eigenvalue weighted by atomic mass is 16.5. The molecule has 31 heavy (non-hydrogen) atoms. The largest absolute Gasteiger partial charge is 0.490 e. The average Bonchev–Trinajstić information content (AvgIpc) is 3.20. The summed E-state index contributed by atoms with van der Waals surface area (Å²) in [6.07, 6.45) is 9.45. The molecule has 2 aromatic rings. The normalized spacial score (nSPS) is 19.4. The summed E-state index contributed by atoms with van der Waals surface area (Å²) < 4.78 is 8.02. The van der Waals surface area contributed by atoms with Crippen molar-refractivity contribution in [3.63, 3.8) is 0 Å². The molecule has 0 radical (unpaired) electrons. The first-order chi connectivity index (χ1) is 15.1. The SMILES string of the molecule is CN1CCC(N2CCC(Oc3cccc(C(=O)NCCc4cnn(C)c4)c3)CC2)CC1. The molecule has 0 spiro atoms. The van der Waals surface area contributed by atoms with Gasteiger partial charge in [-0.3, -0.25) is 9.48 Å². The second-order valence-electron chi connectivity index (χ2n) is 8.94. The zero-order valence-electron chi connectivity index (χ0n) is 18.8. The minimum atomic E-state index is -0.0635. The summed E-state index contributed by atoms with van der Waals surface area (Å²) in [4.78, 5) is 17.6. The molecule has 2 saturated heterocycles. The second-order valence-corrected chi connectivity index (χ2v) is 8.94. The molecule has 0 unspecified atom stereocenters. The van der Waals surface area contributed by atoms with E-state index in [0.717, 1.165) is 49.7 Å². The first-order valence-corrected chi connectivity index (χ1v) is 11.5. The maximum atomic E-state index is 12.5. The van der Waals surface area contributed by atoms with Crippen LogP contribution >= 0.6 is 0 Å². The molecule has 0 atom stereocenters. The fraction of sp³-hybridized carbons (Fsp3) is 0.583. The summed E-state index contributed by atoms with van der Waals surface area (Å²) in [6, 6.07) is 8.29. The van der Waals surface area contributed by atoms with E-state index in [9.17, 15) is 4.79 Å². The summed E-state index contributed by atoms with van der Waals surface area (Å²) in [6.45, 7) is 5.21. The lowest BCUT2D eigenvalue weighted by Gasteiger charge is -2.41. The van der Waals surface area contributed by atoms with Crippen molar-refractivity contribution in [2.45, 2.75) is 44.2 Å². The van der Waals surface area contributed by atoms with Crippen LogP contribution in [0.3, 0.4) is 0 Å². The minimum absolute atomic E-state index is 0.0635. The molecule has 0 bridgehead atoms. The summed E-state index contributed by atoms with van der Waals surface area (Å²) >= 11 is 0. The highest BCUT2D eigenvalue weighted by Crippen LogP contribution is 2.24. The van der Waals surface area contributed by atoms with Crippen LogP contribution in [0.15, 0.2) is 36.7 Å². The van der Waals surface area contributed by atoms with Gasteiger partial charge in [0.05, 0.1) is 6.20 Å². The summed E-state index contributed by atoms with van der Waals surface area (Å²) in [5.41, 5.74) is 1.76. The van der Waals surface area contributed by atoms with E-state index in [1.165, 1.54) is 25.9 Å². The van der Waals surface area contributed by atoms with Crippen molar-refractivity contribution >= 4 is 5.91 Å². The fourth-order valence-electron chi connectivity index (χ4n) is 4.65. The van der Waals surface area contributed by atoms with E-state index in [1.54, 1.807) is 4.68 Å². The number of hydrogen-bond acceptors (Lipinski definition) is 5. The Labute approximate surface area is 185 Å². The van der Waals surface area contributed by atoms with Crippen LogP contribution in [0.25, 0.3) is 0 Å². The van der Waals surface area contributed by atoms with Gasteiger partial charge in [-0.05, 0) is 76.0 Å². The zero-order valence-corrected chi connectivity index (χ0v) is 18.8. The Morgan fingerprint density at radius 3 is 2.61 bits per heavy atom. The van der Waals surface area contributed by atoms with E-state index in [-0.39, 0.29) is 12.0 Å². The smallest absolute Gasteiger partial charge is 0.251 e. The van der Waals surface area contributed by atoms with Gasteiger partial charge in [-0.2, -0.15) is 5.10 Å². The Balaban J connectivity index is 1.22. The molecule has 168 valence electrons. The number of likely N-dealkylation sites (tertiary alicyclic amines) is 2. The van der Waals surface area contributed by atoms with Crippen LogP contribution in [-0.4, -0.2) is 77.4 Å². The average molecular weight is 426 g/mol. The molecule has 2 fully saturated rings. The van der Waals surface area contributed by atoms with Gasteiger partial charge in [0.2, 0.25) is 0 Å². The summed E-state index contributed by atoms with van der Waals surface area (Å²) in [7, 11) is 4.11. The van der Waals surface area contributed by atoms with Crippen LogP contribution in [0, 0.1) is 0 Å². The van der Waals surface area contributed by atoms with Crippen molar-refractivity contribution < 1.29 is 9.53 Å². The van der Waals surface area contributed by atoms with Crippen LogP contribution < -0.4 is 10.1 Å². The van der Waals surface area contributed by atoms with Gasteiger partial charge in [-0.1, -0.05) is 6.07 Å². The highest BCUT2D eigenvalue weighted by molar-refractivity contribution is 5.94. The lowest BCUT2D eigenvalue weighted by atomic mass is 9.99. The van der Waals surface area contributed by atoms with E-state index in [2.05, 4.69) is 27.3 Å². The number of benzene rings is 1. The molecule has 7 nitrogen and oxygen atoms in total. The molecule has 4 rings (SSSR count). The number of ether oxygens (including phenoxy) is 1. The first kappa shape index (κ1) is 21.8. The Bertz CT molecular complexity index is 851. The van der Waals surface area contributed by atoms with Crippen LogP contribution in [0.4, 0.5) is 0 Å². The quantitative estimate of drug-likeness (QED) is 0.738. The van der Waals surface area contributed by atoms with Crippen molar-refractivity contribution in [1.82, 2.24) is 24.9 Å². The topological polar surface area (TPSA) is 62.6 Å². The van der Waals surface area contributed by atoms with E-state index in [1.807, 2.05) is 43.7 Å². The van der Waals surface area contributed by atoms with Crippen molar-refractivity contribution in [3.05, 3.63) is 47.8 Å². The molecule has 2 aliphatic heterocycles. The van der Waals surface area contributed by atoms with Crippen LogP contribution in [0.1, 0.15) is 41.6 Å². The second kappa shape index (κ2) is 10.3. The molecular formula is C24H35N5O2. The maximum absolute atomic E-state index is 12.5. The molecular weight excluding hydrogens is 390 g/mol. The number of aryl methyl sites for hydroxylation is 1. The molecule has 1 aromatic heterocycles. The number of carbonyl (C=O) groups is 1. The lowest BCUT2D eigenvalue weighted by Crippen LogP contribution is -2.48. The molecule has 0 saturated carbocycles. The van der Waals surface area contributed by atoms with Crippen molar-refractivity contribution in [1.29, 1.82) is 0 Å². The Morgan fingerprint density at radius 2 is 1.90 bits per heavy atom. The van der Waals surface area contributed by atoms with Crippen molar-refractivity contribution in [2.24, 2.45) is 7.05 Å². The Hall–Kier alpha value is -2.38. The van der Waals surface area contributed by atoms with Crippen LogP contribution in [-0.2, 0) is 13.5 Å². The third-order valence-corrected chi connectivity index (χ3v) is 6.54. The van der Waals surface area contributed by atoms with Gasteiger partial charge in [0.15, 0.2) is 0 Å². The van der Waals surface area contributed by atoms with Gasteiger partial charge < -0.3 is 19.9 Å². The number of piperidine rings is 2. The number of nitrogens with one attached hydrogen (secondary N) is 1. The van der Waals surface area contributed by atoms with E-state index in [0.29, 0.717) is 12.1 Å². The predicted molar refractivity (Wildman–Crippen MR) is 121 cm³/mol. The van der Waals surface area contributed by atoms with Gasteiger partial charge in [-0.25, -0.2) is 0 Å². The molecule has 1 N–H and O–H groups in total. The molecule has 1 amide bonds. The Kier molecular flexibility index (Phi) is 7.25. The predicted octanol–water partition coefficient (Wildman–Crippen LogP) is 2.33. The molecule has 3 heterocycles. The van der Waals surface area contributed by atoms with Gasteiger partial charge in [0, 0.05) is 44.5 Å². The van der Waals surface area contributed by atoms with Gasteiger partial charge >= 0.3 is 0 Å². The highest BCUT2D eigenvalue weighted by Gasteiger charge is 2.28. The van der Waals surface area contributed by atoms with Crippen molar-refractivity contribution in [3.8, 4) is 5.75 Å². The molecule has 2 aliphatic rings. The minimum Gasteiger partial charge on any atom is -0.490 e. The Morgan fingerprint density at radius 1 is 1.13 bits per heavy atom. The number of carbonyl (C=O) groups excluding carboxylic acids is 1. The third-order valence-electron chi connectivity index (χ3n) is 6.54. The first-order valence-electron chi connectivity index (χ1n) is 11.5. The summed E-state index contributed by atoms with van der Waals surface area (Å²) in [5, 5.41) is 7.15. The summed E-state index contributed by atoms with van der Waals surface area (Å²) in [5.74, 6) is 0.726. The van der Waals surface area contributed by atoms with E-state index in [4.69, 9.17) is 4.74 Å². The van der Waals surface area contributed by atoms with Gasteiger partial charge in [-0.15, -0.1) is 0 Å². The van der Waals surface area contributed by atoms with Gasteiger partial charge in [0.25, 0.3) is 5.91 Å². The number of hydrogen-bond donors (Lipinski definition) is 1. The third kappa shape index (κ3) is 6.08. The van der Waals surface area contributed by atoms with Crippen molar-refractivity contribution in [2.75, 3.05) is 39.8 Å². The monoisotopic (exact) mass is 425 g/mol. The lowest BCUT2D eigenvalue weighted by molar-refractivity contribution is 0.0525. The van der Waals surface area contributed by atoms with E-state index >= 15 is 0 Å². The number of amides is 1. The standard InChI is InChI=1S/C24H35N5O2/c1-27-12-7-21(8-13-27)29-14-9-22(10-15-29)31-23-5-3-4-20(16-23)24(30)25-11-6-19-17-26-28(2)18-19/h3-5,16-18,21-22H,6-15H2,1-2H3,(H,25,30).